The Morgan fingerprint density at radius 1 is 0.650 bits per heavy atom. The number of hydrogen-bond acceptors (Lipinski definition) is 2. The maximum absolute atomic E-state index is 14.5. The van der Waals surface area contributed by atoms with Gasteiger partial charge in [0.15, 0.2) is 0 Å². The van der Waals surface area contributed by atoms with Crippen LogP contribution < -0.4 is 0 Å². The molecule has 3 aliphatic carbocycles. The molecule has 3 unspecified atom stereocenters. The van der Waals surface area contributed by atoms with Gasteiger partial charge in [0.05, 0.1) is 16.9 Å². The van der Waals surface area contributed by atoms with Gasteiger partial charge in [0.1, 0.15) is 5.41 Å². The van der Waals surface area contributed by atoms with Gasteiger partial charge in [-0.05, 0) is 58.8 Å². The van der Waals surface area contributed by atoms with E-state index in [4.69, 9.17) is 4.74 Å². The molecule has 2 nitrogen and oxygen atoms in total. The highest BCUT2D eigenvalue weighted by molar-refractivity contribution is 5.83. The van der Waals surface area contributed by atoms with Gasteiger partial charge in [-0.15, -0.1) is 17.8 Å². The van der Waals surface area contributed by atoms with Crippen molar-refractivity contribution in [3.63, 3.8) is 0 Å². The number of rotatable bonds is 13. The second kappa shape index (κ2) is 17.2. The number of carbonyl (C=O) groups is 1. The molecule has 0 aromatic rings. The van der Waals surface area contributed by atoms with E-state index in [2.05, 4.69) is 42.4 Å². The second-order valence-corrected chi connectivity index (χ2v) is 13.2. The smallest absolute Gasteiger partial charge is 0.326 e. The van der Waals surface area contributed by atoms with E-state index in [1.165, 1.54) is 64.2 Å². The molecule has 40 heavy (non-hydrogen) atoms. The van der Waals surface area contributed by atoms with Crippen molar-refractivity contribution in [2.24, 2.45) is 16.2 Å². The first-order valence-electron chi connectivity index (χ1n) is 17.2. The average Bonchev–Trinajstić information content (AvgIpc) is 2.87. The molecule has 0 amide bonds. The SMILES string of the molecule is CCCCCCCCCCC1(C2(C3(C(=O)OC(C)C)C#CCCCCC3)C#CCCCCC2)C#CCCCCC1. The van der Waals surface area contributed by atoms with E-state index in [-0.39, 0.29) is 17.5 Å². The van der Waals surface area contributed by atoms with Crippen molar-refractivity contribution in [2.75, 3.05) is 0 Å². The summed E-state index contributed by atoms with van der Waals surface area (Å²) in [5, 5.41) is 0. The lowest BCUT2D eigenvalue weighted by molar-refractivity contribution is -0.168. The fraction of sp³-hybridized carbons (Fsp3) is 0.816. The van der Waals surface area contributed by atoms with Crippen LogP contribution in [0.1, 0.15) is 175 Å². The highest BCUT2D eigenvalue weighted by Crippen LogP contribution is 2.62. The van der Waals surface area contributed by atoms with Gasteiger partial charge in [-0.25, -0.2) is 0 Å². The lowest BCUT2D eigenvalue weighted by Crippen LogP contribution is -2.57. The van der Waals surface area contributed by atoms with Gasteiger partial charge in [0.25, 0.3) is 0 Å². The zero-order valence-electron chi connectivity index (χ0n) is 26.4. The van der Waals surface area contributed by atoms with Gasteiger partial charge in [-0.1, -0.05) is 115 Å². The van der Waals surface area contributed by atoms with Crippen molar-refractivity contribution in [2.45, 2.75) is 181 Å². The lowest BCUT2D eigenvalue weighted by Gasteiger charge is -2.54. The van der Waals surface area contributed by atoms with Gasteiger partial charge < -0.3 is 4.74 Å². The molecule has 0 fully saturated rings. The van der Waals surface area contributed by atoms with Crippen molar-refractivity contribution >= 4 is 5.97 Å². The first kappa shape index (κ1) is 32.7. The van der Waals surface area contributed by atoms with E-state index in [9.17, 15) is 4.79 Å². The van der Waals surface area contributed by atoms with Gasteiger partial charge in [-0.3, -0.25) is 4.79 Å². The van der Waals surface area contributed by atoms with Crippen LogP contribution >= 0.6 is 0 Å². The normalized spacial score (nSPS) is 28.9. The van der Waals surface area contributed by atoms with E-state index in [1.54, 1.807) is 0 Å². The van der Waals surface area contributed by atoms with Crippen LogP contribution in [-0.2, 0) is 9.53 Å². The summed E-state index contributed by atoms with van der Waals surface area (Å²) in [5.41, 5.74) is -1.80. The molecule has 0 bridgehead atoms. The Balaban J connectivity index is 2.11. The van der Waals surface area contributed by atoms with Gasteiger partial charge in [0.2, 0.25) is 0 Å². The molecule has 0 saturated carbocycles. The van der Waals surface area contributed by atoms with E-state index < -0.39 is 10.8 Å². The molecule has 0 N–H and O–H groups in total. The van der Waals surface area contributed by atoms with Crippen molar-refractivity contribution in [3.8, 4) is 35.5 Å². The minimum absolute atomic E-state index is 0.120. The van der Waals surface area contributed by atoms with E-state index in [0.717, 1.165) is 89.9 Å². The molecule has 0 radical (unpaired) electrons. The lowest BCUT2D eigenvalue weighted by atomic mass is 9.45. The molecule has 0 aromatic heterocycles. The molecule has 0 spiro atoms. The fourth-order valence-electron chi connectivity index (χ4n) is 7.55. The number of carbonyl (C=O) groups excluding carboxylic acids is 1. The van der Waals surface area contributed by atoms with Gasteiger partial charge in [-0.2, -0.15) is 0 Å². The minimum atomic E-state index is -0.907. The molecular weight excluding hydrogens is 488 g/mol. The van der Waals surface area contributed by atoms with Crippen LogP contribution in [-0.4, -0.2) is 12.1 Å². The first-order chi connectivity index (χ1) is 19.5. The molecule has 0 saturated heterocycles. The summed E-state index contributed by atoms with van der Waals surface area (Å²) in [5.74, 6) is 22.3. The molecule has 0 aliphatic heterocycles. The standard InChI is InChI=1S/C38H58O2/c1-4-5-6-7-8-9-13-20-27-36(28-21-14-10-15-22-29-36)38(32-25-18-12-19-26-33-38)37(35(39)40-34(2)3)30-23-16-11-17-24-31-37/h34H,4-21,23,25,27-28,30,32H2,1-3H3. The number of hydrogen-bond donors (Lipinski definition) is 0. The van der Waals surface area contributed by atoms with Crippen LogP contribution in [0.4, 0.5) is 0 Å². The van der Waals surface area contributed by atoms with E-state index in [0.29, 0.717) is 0 Å². The van der Waals surface area contributed by atoms with Crippen LogP contribution in [0.3, 0.4) is 0 Å². The Labute approximate surface area is 247 Å². The molecule has 3 rings (SSSR count). The number of ether oxygens (including phenoxy) is 1. The summed E-state index contributed by atoms with van der Waals surface area (Å²) < 4.78 is 6.16. The van der Waals surface area contributed by atoms with Crippen LogP contribution in [0, 0.1) is 51.8 Å². The summed E-state index contributed by atoms with van der Waals surface area (Å²) >= 11 is 0. The van der Waals surface area contributed by atoms with Crippen LogP contribution in [0.2, 0.25) is 0 Å². The predicted molar refractivity (Wildman–Crippen MR) is 168 cm³/mol. The first-order valence-corrected chi connectivity index (χ1v) is 17.2. The topological polar surface area (TPSA) is 26.3 Å². The van der Waals surface area contributed by atoms with Crippen molar-refractivity contribution in [1.29, 1.82) is 0 Å². The molecule has 2 heteroatoms. The largest absolute Gasteiger partial charge is 0.462 e. The predicted octanol–water partition coefficient (Wildman–Crippen LogP) is 10.3. The summed E-state index contributed by atoms with van der Waals surface area (Å²) in [7, 11) is 0. The quantitative estimate of drug-likeness (QED) is 0.130. The maximum Gasteiger partial charge on any atom is 0.326 e. The Kier molecular flexibility index (Phi) is 14.0. The third kappa shape index (κ3) is 8.35. The monoisotopic (exact) mass is 546 g/mol. The minimum Gasteiger partial charge on any atom is -0.462 e. The summed E-state index contributed by atoms with van der Waals surface area (Å²) in [6, 6.07) is 0. The van der Waals surface area contributed by atoms with Gasteiger partial charge >= 0.3 is 5.97 Å². The molecule has 0 heterocycles. The van der Waals surface area contributed by atoms with E-state index >= 15 is 0 Å². The van der Waals surface area contributed by atoms with E-state index in [1.807, 2.05) is 13.8 Å². The zero-order chi connectivity index (χ0) is 28.6. The summed E-state index contributed by atoms with van der Waals surface area (Å²) in [4.78, 5) is 14.5. The highest BCUT2D eigenvalue weighted by atomic mass is 16.5. The summed E-state index contributed by atoms with van der Waals surface area (Å²) in [6.07, 6.45) is 26.9. The highest BCUT2D eigenvalue weighted by Gasteiger charge is 2.64. The Morgan fingerprint density at radius 2 is 1.20 bits per heavy atom. The third-order valence-electron chi connectivity index (χ3n) is 9.74. The average molecular weight is 547 g/mol. The number of unbranched alkanes of at least 4 members (excludes halogenated alkanes) is 7. The Hall–Kier alpha value is -1.85. The summed E-state index contributed by atoms with van der Waals surface area (Å²) in [6.45, 7) is 6.24. The second-order valence-electron chi connectivity index (χ2n) is 13.2. The third-order valence-corrected chi connectivity index (χ3v) is 9.74. The Bertz CT molecular complexity index is 959. The van der Waals surface area contributed by atoms with Crippen molar-refractivity contribution in [3.05, 3.63) is 0 Å². The molecule has 3 atom stereocenters. The molecule has 0 aromatic carbocycles. The van der Waals surface area contributed by atoms with Crippen LogP contribution in [0.15, 0.2) is 0 Å². The van der Waals surface area contributed by atoms with Crippen molar-refractivity contribution < 1.29 is 9.53 Å². The van der Waals surface area contributed by atoms with Crippen molar-refractivity contribution in [1.82, 2.24) is 0 Å². The zero-order valence-corrected chi connectivity index (χ0v) is 26.4. The maximum atomic E-state index is 14.5. The molecule has 3 aliphatic rings. The molecule has 222 valence electrons. The molecular formula is C38H58O2. The Morgan fingerprint density at radius 3 is 1.85 bits per heavy atom. The number of esters is 1. The van der Waals surface area contributed by atoms with Crippen LogP contribution in [0.5, 0.6) is 0 Å². The fourth-order valence-corrected chi connectivity index (χ4v) is 7.55. The van der Waals surface area contributed by atoms with Gasteiger partial charge in [0, 0.05) is 19.3 Å². The van der Waals surface area contributed by atoms with Crippen LogP contribution in [0.25, 0.3) is 0 Å².